The molecule has 0 nitrogen and oxygen atoms in total. The summed E-state index contributed by atoms with van der Waals surface area (Å²) in [6.07, 6.45) is 10.8. The molecule has 2 aromatic carbocycles. The van der Waals surface area contributed by atoms with Gasteiger partial charge in [-0.05, 0) is 12.8 Å². The van der Waals surface area contributed by atoms with Crippen molar-refractivity contribution in [2.75, 3.05) is 0 Å². The molecule has 0 N–H and O–H groups in total. The molecule has 2 rings (SSSR count). The van der Waals surface area contributed by atoms with Gasteiger partial charge in [-0.3, -0.25) is 0 Å². The molecule has 0 saturated carbocycles. The van der Waals surface area contributed by atoms with E-state index in [9.17, 15) is 0 Å². The summed E-state index contributed by atoms with van der Waals surface area (Å²) in [5.41, 5.74) is 2.61. The summed E-state index contributed by atoms with van der Waals surface area (Å²) in [5, 5.41) is 0. The first-order chi connectivity index (χ1) is 8.86. The Morgan fingerprint density at radius 1 is 0.842 bits per heavy atom. The van der Waals surface area contributed by atoms with Gasteiger partial charge in [-0.1, -0.05) is 26.0 Å². The Hall–Kier alpha value is -0.950. The van der Waals surface area contributed by atoms with E-state index in [0.717, 1.165) is 12.8 Å². The van der Waals surface area contributed by atoms with E-state index in [0.29, 0.717) is 0 Å². The smallest absolute Gasteiger partial charge is 0 e. The van der Waals surface area contributed by atoms with Crippen molar-refractivity contribution >= 4 is 12.2 Å². The van der Waals surface area contributed by atoms with Crippen molar-refractivity contribution in [3.8, 4) is 0 Å². The minimum absolute atomic E-state index is 0. The van der Waals surface area contributed by atoms with Gasteiger partial charge in [-0.15, -0.1) is 12.2 Å². The average Bonchev–Trinajstić information content (AvgIpc) is 3.07. The molecular weight excluding hydrogens is 395 g/mol. The van der Waals surface area contributed by atoms with Gasteiger partial charge in [0.15, 0.2) is 0 Å². The van der Waals surface area contributed by atoms with Gasteiger partial charge in [-0.2, -0.15) is 47.5 Å². The van der Waals surface area contributed by atoms with Crippen LogP contribution in [-0.2, 0) is 25.8 Å². The molecule has 0 spiro atoms. The Kier molecular flexibility index (Phi) is 11.5. The van der Waals surface area contributed by atoms with Gasteiger partial charge in [0.1, 0.15) is 0 Å². The Morgan fingerprint density at radius 2 is 1.26 bits per heavy atom. The normalized spacial score (nSPS) is 10.2. The maximum atomic E-state index is 2.16. The van der Waals surface area contributed by atoms with Crippen LogP contribution in [0.3, 0.4) is 0 Å². The van der Waals surface area contributed by atoms with E-state index in [4.69, 9.17) is 0 Å². The Morgan fingerprint density at radius 3 is 1.53 bits per heavy atom. The molecule has 0 saturated heterocycles. The zero-order valence-corrected chi connectivity index (χ0v) is 15.4. The molecule has 1 heteroatoms. The third-order valence-electron chi connectivity index (χ3n) is 2.47. The van der Waals surface area contributed by atoms with Gasteiger partial charge >= 0.3 is 0 Å². The molecule has 100 valence electrons. The van der Waals surface area contributed by atoms with Crippen LogP contribution >= 0.6 is 0 Å². The van der Waals surface area contributed by atoms with Crippen molar-refractivity contribution < 1.29 is 25.8 Å². The van der Waals surface area contributed by atoms with Crippen LogP contribution in [0.15, 0.2) is 60.7 Å². The van der Waals surface area contributed by atoms with Crippen LogP contribution in [0.2, 0.25) is 0 Å². The fraction of sp³-hybridized carbons (Fsp3) is 0.222. The molecule has 0 atom stereocenters. The molecule has 0 unspecified atom stereocenters. The van der Waals surface area contributed by atoms with Crippen molar-refractivity contribution in [2.45, 2.75) is 26.7 Å². The van der Waals surface area contributed by atoms with Crippen molar-refractivity contribution in [2.24, 2.45) is 0 Å². The molecule has 19 heavy (non-hydrogen) atoms. The van der Waals surface area contributed by atoms with Gasteiger partial charge in [0.2, 0.25) is 0 Å². The summed E-state index contributed by atoms with van der Waals surface area (Å²) in [7, 11) is 0. The molecule has 0 aliphatic heterocycles. The molecule has 2 aromatic rings. The topological polar surface area (TPSA) is 0 Å². The van der Waals surface area contributed by atoms with Crippen molar-refractivity contribution in [3.05, 3.63) is 71.8 Å². The number of hydrogen-bond acceptors (Lipinski definition) is 0. The van der Waals surface area contributed by atoms with E-state index < -0.39 is 0 Å². The van der Waals surface area contributed by atoms with Crippen LogP contribution in [-0.4, -0.2) is 0 Å². The van der Waals surface area contributed by atoms with Crippen molar-refractivity contribution in [1.82, 2.24) is 0 Å². The zero-order chi connectivity index (χ0) is 13.1. The van der Waals surface area contributed by atoms with Crippen molar-refractivity contribution in [3.63, 3.8) is 0 Å². The summed E-state index contributed by atoms with van der Waals surface area (Å²) in [6, 6.07) is 16.6. The van der Waals surface area contributed by atoms with E-state index in [1.165, 1.54) is 11.1 Å². The first-order valence-corrected chi connectivity index (χ1v) is 6.63. The molecule has 0 radical (unpaired) electrons. The largest absolute Gasteiger partial charge is 0.207 e. The minimum Gasteiger partial charge on any atom is -0.207 e. The average molecular weight is 417 g/mol. The molecule has 0 fully saturated rings. The Balaban J connectivity index is 0.000000324. The van der Waals surface area contributed by atoms with Crippen LogP contribution in [0, 0.1) is 0 Å². The second kappa shape index (κ2) is 12.1. The van der Waals surface area contributed by atoms with Crippen LogP contribution in [0.25, 0.3) is 12.2 Å². The standard InChI is InChI=1S/2C9H11.Hf/c2*1-2-3-6-9-7-4-5-8-9;/h2*3-8H,2H2,1H3;/q2*-1;. The van der Waals surface area contributed by atoms with Crippen LogP contribution < -0.4 is 0 Å². The fourth-order valence-corrected chi connectivity index (χ4v) is 1.51. The predicted molar refractivity (Wildman–Crippen MR) is 82.7 cm³/mol. The number of allylic oxidation sites excluding steroid dienone is 2. The first kappa shape index (κ1) is 18.1. The monoisotopic (exact) mass is 418 g/mol. The molecular formula is C18H22Hf-2. The van der Waals surface area contributed by atoms with Gasteiger partial charge in [-0.25, -0.2) is 12.1 Å². The zero-order valence-electron chi connectivity index (χ0n) is 11.8. The molecule has 0 aromatic heterocycles. The predicted octanol–water partition coefficient (Wildman–Crippen LogP) is 5.65. The van der Waals surface area contributed by atoms with E-state index in [1.54, 1.807) is 0 Å². The van der Waals surface area contributed by atoms with E-state index in [-0.39, 0.29) is 25.8 Å². The SMILES string of the molecule is CCC=Cc1cc[cH-]c1.CCC=Cc1cc[cH-]c1.[Hf]. The van der Waals surface area contributed by atoms with Crippen LogP contribution in [0.4, 0.5) is 0 Å². The second-order valence-electron chi connectivity index (χ2n) is 4.06. The van der Waals surface area contributed by atoms with Crippen LogP contribution in [0.1, 0.15) is 37.8 Å². The summed E-state index contributed by atoms with van der Waals surface area (Å²) in [4.78, 5) is 0. The summed E-state index contributed by atoms with van der Waals surface area (Å²) in [5.74, 6) is 0. The van der Waals surface area contributed by atoms with E-state index in [2.05, 4.69) is 86.7 Å². The van der Waals surface area contributed by atoms with Gasteiger partial charge < -0.3 is 0 Å². The summed E-state index contributed by atoms with van der Waals surface area (Å²) >= 11 is 0. The minimum atomic E-state index is 0. The van der Waals surface area contributed by atoms with Crippen molar-refractivity contribution in [1.29, 1.82) is 0 Å². The van der Waals surface area contributed by atoms with Gasteiger partial charge in [0.05, 0.1) is 0 Å². The molecule has 0 heterocycles. The maximum Gasteiger partial charge on any atom is 0 e. The second-order valence-corrected chi connectivity index (χ2v) is 4.06. The molecule has 0 bridgehead atoms. The summed E-state index contributed by atoms with van der Waals surface area (Å²) < 4.78 is 0. The van der Waals surface area contributed by atoms with Gasteiger partial charge in [0, 0.05) is 25.8 Å². The van der Waals surface area contributed by atoms with E-state index >= 15 is 0 Å². The Bertz CT molecular complexity index is 386. The maximum absolute atomic E-state index is 2.16. The van der Waals surface area contributed by atoms with E-state index in [1.807, 2.05) is 0 Å². The fourth-order valence-electron chi connectivity index (χ4n) is 1.51. The quantitative estimate of drug-likeness (QED) is 0.446. The molecule has 0 amide bonds. The molecule has 0 aliphatic carbocycles. The first-order valence-electron chi connectivity index (χ1n) is 6.63. The Labute approximate surface area is 136 Å². The summed E-state index contributed by atoms with van der Waals surface area (Å²) in [6.45, 7) is 4.28. The van der Waals surface area contributed by atoms with Crippen LogP contribution in [0.5, 0.6) is 0 Å². The third kappa shape index (κ3) is 8.72. The number of hydrogen-bond donors (Lipinski definition) is 0. The van der Waals surface area contributed by atoms with Gasteiger partial charge in [0.25, 0.3) is 0 Å². The molecule has 0 aliphatic rings. The number of rotatable bonds is 4. The third-order valence-corrected chi connectivity index (χ3v) is 2.47.